The largest absolute Gasteiger partial charge is 0.492 e. The Kier molecular flexibility index (Phi) is 4.28. The third kappa shape index (κ3) is 3.64. The average molecular weight is 265 g/mol. The number of hydrogen-bond donors (Lipinski definition) is 0. The molecular formula is C14H13F2NO2. The third-order valence-corrected chi connectivity index (χ3v) is 2.42. The normalized spacial score (nSPS) is 10.5. The van der Waals surface area contributed by atoms with Crippen molar-refractivity contribution >= 4 is 0 Å². The van der Waals surface area contributed by atoms with Crippen molar-refractivity contribution in [1.29, 1.82) is 0 Å². The summed E-state index contributed by atoms with van der Waals surface area (Å²) in [4.78, 5) is 4.24. The van der Waals surface area contributed by atoms with Crippen LogP contribution in [-0.2, 0) is 0 Å². The second kappa shape index (κ2) is 6.13. The lowest BCUT2D eigenvalue weighted by Gasteiger charge is -2.06. The maximum absolute atomic E-state index is 12.0. The number of halogens is 2. The molecule has 0 N–H and O–H groups in total. The van der Waals surface area contributed by atoms with Gasteiger partial charge in [-0.1, -0.05) is 0 Å². The van der Waals surface area contributed by atoms with Gasteiger partial charge < -0.3 is 9.47 Å². The van der Waals surface area contributed by atoms with E-state index in [1.165, 1.54) is 12.1 Å². The summed E-state index contributed by atoms with van der Waals surface area (Å²) in [5, 5.41) is 0. The van der Waals surface area contributed by atoms with Crippen LogP contribution in [0.4, 0.5) is 8.78 Å². The van der Waals surface area contributed by atoms with Gasteiger partial charge in [-0.15, -0.1) is 0 Å². The number of alkyl halides is 2. The molecule has 2 aromatic rings. The molecule has 0 spiro atoms. The van der Waals surface area contributed by atoms with Gasteiger partial charge in [0.1, 0.15) is 11.5 Å². The molecule has 3 nitrogen and oxygen atoms in total. The lowest BCUT2D eigenvalue weighted by atomic mass is 10.1. The van der Waals surface area contributed by atoms with Gasteiger partial charge in [-0.3, -0.25) is 4.98 Å². The van der Waals surface area contributed by atoms with Crippen molar-refractivity contribution in [2.75, 3.05) is 6.61 Å². The molecular weight excluding hydrogens is 252 g/mol. The van der Waals surface area contributed by atoms with Crippen molar-refractivity contribution in [3.05, 3.63) is 42.6 Å². The van der Waals surface area contributed by atoms with Crippen LogP contribution in [0.15, 0.2) is 42.6 Å². The average Bonchev–Trinajstić information content (AvgIpc) is 2.40. The molecule has 0 fully saturated rings. The Morgan fingerprint density at radius 1 is 1.05 bits per heavy atom. The Hall–Kier alpha value is -2.17. The first-order chi connectivity index (χ1) is 9.19. The fourth-order valence-electron chi connectivity index (χ4n) is 1.61. The van der Waals surface area contributed by atoms with E-state index in [2.05, 4.69) is 9.72 Å². The first-order valence-electron chi connectivity index (χ1n) is 5.83. The summed E-state index contributed by atoms with van der Waals surface area (Å²) in [6.45, 7) is -0.328. The summed E-state index contributed by atoms with van der Waals surface area (Å²) in [5.74, 6) is 0.827. The molecule has 1 aromatic heterocycles. The van der Waals surface area contributed by atoms with Crippen LogP contribution in [-0.4, -0.2) is 18.2 Å². The molecule has 0 atom stereocenters. The minimum Gasteiger partial charge on any atom is -0.492 e. The number of pyridine rings is 1. The van der Waals surface area contributed by atoms with Gasteiger partial charge in [-0.05, 0) is 43.3 Å². The van der Waals surface area contributed by atoms with Crippen LogP contribution >= 0.6 is 0 Å². The number of benzene rings is 1. The first kappa shape index (κ1) is 13.3. The Balaban J connectivity index is 2.13. The maximum atomic E-state index is 12.0. The van der Waals surface area contributed by atoms with Crippen molar-refractivity contribution in [3.8, 4) is 22.8 Å². The highest BCUT2D eigenvalue weighted by Gasteiger charge is 2.05. The molecule has 2 rings (SSSR count). The summed E-state index contributed by atoms with van der Waals surface area (Å²) in [6.07, 6.45) is 1.63. The minimum atomic E-state index is -2.81. The fourth-order valence-corrected chi connectivity index (χ4v) is 1.61. The van der Waals surface area contributed by atoms with Gasteiger partial charge >= 0.3 is 6.61 Å². The van der Waals surface area contributed by atoms with E-state index < -0.39 is 6.61 Å². The van der Waals surface area contributed by atoms with Gasteiger partial charge in [0.15, 0.2) is 0 Å². The van der Waals surface area contributed by atoms with Crippen LogP contribution in [0.5, 0.6) is 11.5 Å². The molecule has 100 valence electrons. The predicted octanol–water partition coefficient (Wildman–Crippen LogP) is 3.75. The summed E-state index contributed by atoms with van der Waals surface area (Å²) >= 11 is 0. The summed E-state index contributed by atoms with van der Waals surface area (Å²) in [6, 6.07) is 9.96. The van der Waals surface area contributed by atoms with Crippen LogP contribution in [0.1, 0.15) is 6.92 Å². The first-order valence-corrected chi connectivity index (χ1v) is 5.83. The molecule has 0 aliphatic heterocycles. The summed E-state index contributed by atoms with van der Waals surface area (Å²) in [7, 11) is 0. The molecule has 0 unspecified atom stereocenters. The van der Waals surface area contributed by atoms with Gasteiger partial charge in [0, 0.05) is 5.56 Å². The maximum Gasteiger partial charge on any atom is 0.387 e. The van der Waals surface area contributed by atoms with Crippen LogP contribution in [0.2, 0.25) is 0 Å². The van der Waals surface area contributed by atoms with Crippen LogP contribution < -0.4 is 9.47 Å². The van der Waals surface area contributed by atoms with Crippen molar-refractivity contribution in [3.63, 3.8) is 0 Å². The summed E-state index contributed by atoms with van der Waals surface area (Å²) in [5.41, 5.74) is 1.57. The van der Waals surface area contributed by atoms with E-state index in [9.17, 15) is 8.78 Å². The SMILES string of the molecule is CCOc1ccc(-c2ccc(OC(F)F)cc2)nc1. The topological polar surface area (TPSA) is 31.4 Å². The predicted molar refractivity (Wildman–Crippen MR) is 67.5 cm³/mol. The van der Waals surface area contributed by atoms with Crippen LogP contribution in [0.3, 0.4) is 0 Å². The highest BCUT2D eigenvalue weighted by Crippen LogP contribution is 2.23. The van der Waals surface area contributed by atoms with Crippen LogP contribution in [0, 0.1) is 0 Å². The zero-order valence-electron chi connectivity index (χ0n) is 10.3. The van der Waals surface area contributed by atoms with Crippen molar-refractivity contribution in [1.82, 2.24) is 4.98 Å². The zero-order chi connectivity index (χ0) is 13.7. The van der Waals surface area contributed by atoms with Crippen molar-refractivity contribution < 1.29 is 18.3 Å². The van der Waals surface area contributed by atoms with E-state index in [4.69, 9.17) is 4.74 Å². The number of nitrogens with zero attached hydrogens (tertiary/aromatic N) is 1. The lowest BCUT2D eigenvalue weighted by molar-refractivity contribution is -0.0498. The molecule has 1 aromatic carbocycles. The number of aromatic nitrogens is 1. The monoisotopic (exact) mass is 265 g/mol. The number of ether oxygens (including phenoxy) is 2. The van der Waals surface area contributed by atoms with E-state index in [0.717, 1.165) is 11.3 Å². The van der Waals surface area contributed by atoms with Gasteiger partial charge in [-0.2, -0.15) is 8.78 Å². The second-order valence-corrected chi connectivity index (χ2v) is 3.72. The standard InChI is InChI=1S/C14H13F2NO2/c1-2-18-12-7-8-13(17-9-12)10-3-5-11(6-4-10)19-14(15)16/h3-9,14H,2H2,1H3. The lowest BCUT2D eigenvalue weighted by Crippen LogP contribution is -2.01. The summed E-state index contributed by atoms with van der Waals surface area (Å²) < 4.78 is 33.6. The molecule has 0 bridgehead atoms. The van der Waals surface area contributed by atoms with E-state index in [-0.39, 0.29) is 5.75 Å². The molecule has 5 heteroatoms. The number of rotatable bonds is 5. The molecule has 0 aliphatic rings. The molecule has 0 saturated heterocycles. The van der Waals surface area contributed by atoms with Crippen molar-refractivity contribution in [2.45, 2.75) is 13.5 Å². The highest BCUT2D eigenvalue weighted by atomic mass is 19.3. The van der Waals surface area contributed by atoms with E-state index >= 15 is 0 Å². The zero-order valence-corrected chi connectivity index (χ0v) is 10.3. The van der Waals surface area contributed by atoms with Crippen LogP contribution in [0.25, 0.3) is 11.3 Å². The minimum absolute atomic E-state index is 0.129. The molecule has 0 saturated carbocycles. The Bertz CT molecular complexity index is 512. The van der Waals surface area contributed by atoms with Gasteiger partial charge in [0.05, 0.1) is 18.5 Å². The quantitative estimate of drug-likeness (QED) is 0.825. The van der Waals surface area contributed by atoms with Gasteiger partial charge in [0.25, 0.3) is 0 Å². The van der Waals surface area contributed by atoms with Gasteiger partial charge in [-0.25, -0.2) is 0 Å². The number of hydrogen-bond acceptors (Lipinski definition) is 3. The van der Waals surface area contributed by atoms with E-state index in [1.807, 2.05) is 19.1 Å². The Morgan fingerprint density at radius 3 is 2.26 bits per heavy atom. The Morgan fingerprint density at radius 2 is 1.74 bits per heavy atom. The highest BCUT2D eigenvalue weighted by molar-refractivity contribution is 5.60. The Labute approximate surface area is 109 Å². The van der Waals surface area contributed by atoms with Gasteiger partial charge in [0.2, 0.25) is 0 Å². The molecule has 19 heavy (non-hydrogen) atoms. The van der Waals surface area contributed by atoms with Crippen molar-refractivity contribution in [2.24, 2.45) is 0 Å². The molecule has 0 amide bonds. The van der Waals surface area contributed by atoms with E-state index in [1.54, 1.807) is 18.3 Å². The molecule has 0 radical (unpaired) electrons. The smallest absolute Gasteiger partial charge is 0.387 e. The van der Waals surface area contributed by atoms with E-state index in [0.29, 0.717) is 12.4 Å². The second-order valence-electron chi connectivity index (χ2n) is 3.72. The fraction of sp³-hybridized carbons (Fsp3) is 0.214. The molecule has 1 heterocycles. The third-order valence-electron chi connectivity index (χ3n) is 2.42. The molecule has 0 aliphatic carbocycles.